The van der Waals surface area contributed by atoms with Gasteiger partial charge in [-0.3, -0.25) is 0 Å². The van der Waals surface area contributed by atoms with E-state index in [1.54, 1.807) is 0 Å². The molecule has 2 aromatic carbocycles. The average Bonchev–Trinajstić information content (AvgIpc) is 3.15. The molecule has 0 amide bonds. The topological polar surface area (TPSA) is 26.0 Å². The van der Waals surface area contributed by atoms with Crippen molar-refractivity contribution in [3.63, 3.8) is 0 Å². The highest BCUT2D eigenvalue weighted by molar-refractivity contribution is 8.00. The van der Waals surface area contributed by atoms with Gasteiger partial charge < -0.3 is 5.73 Å². The highest BCUT2D eigenvalue weighted by Crippen LogP contribution is 2.53. The summed E-state index contributed by atoms with van der Waals surface area (Å²) < 4.78 is 0. The SMILES string of the molecule is Nc1cccc(Cl)c1SC1CC1c1ccccc1. The Morgan fingerprint density at radius 1 is 1.06 bits per heavy atom. The fraction of sp³-hybridized carbons (Fsp3) is 0.200. The van der Waals surface area contributed by atoms with E-state index in [4.69, 9.17) is 17.3 Å². The van der Waals surface area contributed by atoms with Crippen molar-refractivity contribution in [1.29, 1.82) is 0 Å². The average molecular weight is 276 g/mol. The molecule has 0 bridgehead atoms. The zero-order chi connectivity index (χ0) is 12.5. The molecule has 2 aromatic rings. The first-order valence-electron chi connectivity index (χ1n) is 6.01. The second kappa shape index (κ2) is 4.87. The predicted octanol–water partition coefficient (Wildman–Crippen LogP) is 4.57. The molecule has 1 saturated carbocycles. The summed E-state index contributed by atoms with van der Waals surface area (Å²) in [6.45, 7) is 0. The Hall–Kier alpha value is -1.12. The van der Waals surface area contributed by atoms with Gasteiger partial charge in [0, 0.05) is 15.8 Å². The molecule has 2 N–H and O–H groups in total. The fourth-order valence-corrected chi connectivity index (χ4v) is 3.78. The molecular weight excluding hydrogens is 262 g/mol. The first kappa shape index (κ1) is 11.9. The van der Waals surface area contributed by atoms with Gasteiger partial charge in [-0.05, 0) is 30.0 Å². The first-order valence-corrected chi connectivity index (χ1v) is 7.27. The van der Waals surface area contributed by atoms with Crippen LogP contribution in [-0.4, -0.2) is 5.25 Å². The van der Waals surface area contributed by atoms with Crippen molar-refractivity contribution in [2.75, 3.05) is 5.73 Å². The number of benzene rings is 2. The van der Waals surface area contributed by atoms with E-state index >= 15 is 0 Å². The van der Waals surface area contributed by atoms with Crippen LogP contribution in [0.25, 0.3) is 0 Å². The number of thioether (sulfide) groups is 1. The molecule has 0 aliphatic heterocycles. The Labute approximate surface area is 116 Å². The number of nitrogens with two attached hydrogens (primary N) is 1. The van der Waals surface area contributed by atoms with Crippen LogP contribution in [0, 0.1) is 0 Å². The van der Waals surface area contributed by atoms with E-state index in [0.29, 0.717) is 11.2 Å². The normalized spacial score (nSPS) is 21.8. The Morgan fingerprint density at radius 3 is 2.56 bits per heavy atom. The van der Waals surface area contributed by atoms with Crippen LogP contribution in [-0.2, 0) is 0 Å². The maximum absolute atomic E-state index is 6.19. The third-order valence-electron chi connectivity index (χ3n) is 3.23. The summed E-state index contributed by atoms with van der Waals surface area (Å²) in [7, 11) is 0. The van der Waals surface area contributed by atoms with Crippen LogP contribution in [0.15, 0.2) is 53.4 Å². The molecule has 1 nitrogen and oxygen atoms in total. The summed E-state index contributed by atoms with van der Waals surface area (Å²) in [5, 5.41) is 1.37. The van der Waals surface area contributed by atoms with Gasteiger partial charge in [0.1, 0.15) is 0 Å². The van der Waals surface area contributed by atoms with Gasteiger partial charge in [-0.1, -0.05) is 48.0 Å². The Morgan fingerprint density at radius 2 is 1.83 bits per heavy atom. The summed E-state index contributed by atoms with van der Waals surface area (Å²) in [6.07, 6.45) is 1.21. The summed E-state index contributed by atoms with van der Waals surface area (Å²) in [5.74, 6) is 0.645. The largest absolute Gasteiger partial charge is 0.398 e. The number of anilines is 1. The highest BCUT2D eigenvalue weighted by Gasteiger charge is 2.39. The standard InChI is InChI=1S/C15H14ClNS/c16-12-7-4-8-13(17)15(12)18-14-9-11(14)10-5-2-1-3-6-10/h1-8,11,14H,9,17H2. The molecule has 3 rings (SSSR count). The molecule has 0 spiro atoms. The molecule has 1 fully saturated rings. The monoisotopic (exact) mass is 275 g/mol. The quantitative estimate of drug-likeness (QED) is 0.831. The van der Waals surface area contributed by atoms with Crippen molar-refractivity contribution in [1.82, 2.24) is 0 Å². The summed E-state index contributed by atoms with van der Waals surface area (Å²) in [5.41, 5.74) is 8.18. The molecular formula is C15H14ClNS. The maximum atomic E-state index is 6.19. The van der Waals surface area contributed by atoms with Crippen LogP contribution in [0.1, 0.15) is 17.9 Å². The van der Waals surface area contributed by atoms with Gasteiger partial charge in [-0.2, -0.15) is 0 Å². The van der Waals surface area contributed by atoms with Gasteiger partial charge >= 0.3 is 0 Å². The first-order chi connectivity index (χ1) is 8.75. The second-order valence-corrected chi connectivity index (χ2v) is 6.22. The van der Waals surface area contributed by atoms with E-state index < -0.39 is 0 Å². The molecule has 1 aliphatic rings. The van der Waals surface area contributed by atoms with Crippen molar-refractivity contribution in [3.05, 3.63) is 59.1 Å². The third kappa shape index (κ3) is 2.36. The van der Waals surface area contributed by atoms with Crippen LogP contribution in [0.3, 0.4) is 0 Å². The van der Waals surface area contributed by atoms with Gasteiger partial charge in [-0.25, -0.2) is 0 Å². The summed E-state index contributed by atoms with van der Waals surface area (Å²) in [6, 6.07) is 16.3. The van der Waals surface area contributed by atoms with E-state index in [-0.39, 0.29) is 0 Å². The third-order valence-corrected chi connectivity index (χ3v) is 5.17. The number of rotatable bonds is 3. The lowest BCUT2D eigenvalue weighted by Crippen LogP contribution is -1.91. The van der Waals surface area contributed by atoms with E-state index in [1.807, 2.05) is 30.0 Å². The smallest absolute Gasteiger partial charge is 0.0562 e. The zero-order valence-corrected chi connectivity index (χ0v) is 11.4. The van der Waals surface area contributed by atoms with Crippen LogP contribution < -0.4 is 5.73 Å². The lowest BCUT2D eigenvalue weighted by Gasteiger charge is -2.07. The number of hydrogen-bond donors (Lipinski definition) is 1. The lowest BCUT2D eigenvalue weighted by molar-refractivity contribution is 1.13. The second-order valence-electron chi connectivity index (χ2n) is 4.57. The predicted molar refractivity (Wildman–Crippen MR) is 79.3 cm³/mol. The van der Waals surface area contributed by atoms with Crippen molar-refractivity contribution < 1.29 is 0 Å². The van der Waals surface area contributed by atoms with E-state index in [2.05, 4.69) is 30.3 Å². The molecule has 0 heterocycles. The number of nitrogen functional groups attached to an aromatic ring is 1. The Balaban J connectivity index is 1.73. The Bertz CT molecular complexity index is 535. The number of halogens is 1. The molecule has 18 heavy (non-hydrogen) atoms. The van der Waals surface area contributed by atoms with Gasteiger partial charge in [0.15, 0.2) is 0 Å². The zero-order valence-electron chi connectivity index (χ0n) is 9.84. The minimum absolute atomic E-state index is 0.606. The molecule has 1 aliphatic carbocycles. The van der Waals surface area contributed by atoms with Gasteiger partial charge in [-0.15, -0.1) is 11.8 Å². The van der Waals surface area contributed by atoms with Crippen molar-refractivity contribution >= 4 is 29.1 Å². The van der Waals surface area contributed by atoms with Crippen LogP contribution in [0.4, 0.5) is 5.69 Å². The highest BCUT2D eigenvalue weighted by atomic mass is 35.5. The van der Waals surface area contributed by atoms with Crippen molar-refractivity contribution in [2.24, 2.45) is 0 Å². The van der Waals surface area contributed by atoms with Gasteiger partial charge in [0.2, 0.25) is 0 Å². The van der Waals surface area contributed by atoms with Crippen molar-refractivity contribution in [3.8, 4) is 0 Å². The summed E-state index contributed by atoms with van der Waals surface area (Å²) in [4.78, 5) is 1.03. The molecule has 0 saturated heterocycles. The molecule has 2 unspecified atom stereocenters. The minimum atomic E-state index is 0.606. The van der Waals surface area contributed by atoms with E-state index in [1.165, 1.54) is 12.0 Å². The lowest BCUT2D eigenvalue weighted by atomic mass is 10.1. The molecule has 0 radical (unpaired) electrons. The van der Waals surface area contributed by atoms with Gasteiger partial charge in [0.25, 0.3) is 0 Å². The number of hydrogen-bond acceptors (Lipinski definition) is 2. The van der Waals surface area contributed by atoms with E-state index in [0.717, 1.165) is 15.6 Å². The van der Waals surface area contributed by atoms with Crippen molar-refractivity contribution in [2.45, 2.75) is 22.5 Å². The maximum Gasteiger partial charge on any atom is 0.0562 e. The molecule has 0 aromatic heterocycles. The molecule has 2 atom stereocenters. The molecule has 3 heteroatoms. The van der Waals surface area contributed by atoms with Crippen LogP contribution >= 0.6 is 23.4 Å². The fourth-order valence-electron chi connectivity index (χ4n) is 2.15. The van der Waals surface area contributed by atoms with Gasteiger partial charge in [0.05, 0.1) is 5.02 Å². The molecule has 92 valence electrons. The van der Waals surface area contributed by atoms with Crippen LogP contribution in [0.2, 0.25) is 5.02 Å². The minimum Gasteiger partial charge on any atom is -0.398 e. The van der Waals surface area contributed by atoms with E-state index in [9.17, 15) is 0 Å². The Kier molecular flexibility index (Phi) is 3.23. The van der Waals surface area contributed by atoms with Crippen LogP contribution in [0.5, 0.6) is 0 Å². The summed E-state index contributed by atoms with van der Waals surface area (Å²) >= 11 is 8.00.